The molecule has 0 radical (unpaired) electrons. The Labute approximate surface area is 200 Å². The van der Waals surface area contributed by atoms with Gasteiger partial charge in [-0.2, -0.15) is 0 Å². The summed E-state index contributed by atoms with van der Waals surface area (Å²) in [6, 6.07) is 0. The Hall–Kier alpha value is -2.43. The van der Waals surface area contributed by atoms with Gasteiger partial charge in [0.2, 0.25) is 0 Å². The van der Waals surface area contributed by atoms with Crippen LogP contribution in [-0.4, -0.2) is 36.5 Å². The highest BCUT2D eigenvalue weighted by atomic mass is 16.5. The summed E-state index contributed by atoms with van der Waals surface area (Å²) in [5.74, 6) is 0.0623. The van der Waals surface area contributed by atoms with Crippen molar-refractivity contribution in [2.75, 3.05) is 7.11 Å². The molecule has 1 rings (SSSR count). The van der Waals surface area contributed by atoms with E-state index in [0.717, 1.165) is 18.4 Å². The molecule has 0 saturated carbocycles. The lowest BCUT2D eigenvalue weighted by Gasteiger charge is -2.19. The summed E-state index contributed by atoms with van der Waals surface area (Å²) in [7, 11) is 1.65. The first-order valence-electron chi connectivity index (χ1n) is 12.0. The molecule has 0 aromatic rings. The first-order chi connectivity index (χ1) is 15.8. The van der Waals surface area contributed by atoms with E-state index < -0.39 is 6.10 Å². The van der Waals surface area contributed by atoms with Crippen molar-refractivity contribution in [2.24, 2.45) is 11.8 Å². The predicted octanol–water partition coefficient (Wildman–Crippen LogP) is 6.42. The van der Waals surface area contributed by atoms with E-state index in [1.165, 1.54) is 6.08 Å². The van der Waals surface area contributed by atoms with E-state index in [-0.39, 0.29) is 24.1 Å². The van der Waals surface area contributed by atoms with Crippen LogP contribution in [0.1, 0.15) is 53.4 Å². The fourth-order valence-corrected chi connectivity index (χ4v) is 3.19. The minimum atomic E-state index is -0.483. The number of carbonyl (C=O) groups excluding carboxylic acids is 1. The minimum absolute atomic E-state index is 0.0497. The summed E-state index contributed by atoms with van der Waals surface area (Å²) >= 11 is 0. The van der Waals surface area contributed by atoms with Crippen molar-refractivity contribution in [3.05, 3.63) is 84.6 Å². The highest BCUT2D eigenvalue weighted by molar-refractivity contribution is 5.82. The number of allylic oxidation sites excluding steroid dienone is 9. The molecular formula is C29H42O4. The third-order valence-corrected chi connectivity index (χ3v) is 5.41. The lowest BCUT2D eigenvalue weighted by Crippen LogP contribution is -2.23. The van der Waals surface area contributed by atoms with Gasteiger partial charge in [0.05, 0.1) is 12.2 Å². The SMILES string of the molecule is CC/C=C/C1C/C=C\C=C/C(OC)CC(O)C(C)/C=C/CC(C)/C=C/C=C(C)/C=C/C(=O)O1. The smallest absolute Gasteiger partial charge is 0.331 e. The molecule has 0 fully saturated rings. The fourth-order valence-electron chi connectivity index (χ4n) is 3.19. The maximum Gasteiger partial charge on any atom is 0.331 e. The molecule has 0 aromatic heterocycles. The lowest BCUT2D eigenvalue weighted by atomic mass is 9.97. The average Bonchev–Trinajstić information content (AvgIpc) is 2.79. The van der Waals surface area contributed by atoms with E-state index in [9.17, 15) is 9.90 Å². The number of ether oxygens (including phenoxy) is 2. The molecule has 1 heterocycles. The molecule has 5 atom stereocenters. The van der Waals surface area contributed by atoms with Crippen LogP contribution in [0.4, 0.5) is 0 Å². The van der Waals surface area contributed by atoms with E-state index in [0.29, 0.717) is 18.8 Å². The van der Waals surface area contributed by atoms with Gasteiger partial charge in [-0.05, 0) is 31.8 Å². The van der Waals surface area contributed by atoms with Crippen LogP contribution in [0, 0.1) is 11.8 Å². The molecule has 1 aliphatic heterocycles. The molecular weight excluding hydrogens is 412 g/mol. The second-order valence-corrected chi connectivity index (χ2v) is 8.57. The Balaban J connectivity index is 3.04. The molecule has 0 bridgehead atoms. The second-order valence-electron chi connectivity index (χ2n) is 8.57. The summed E-state index contributed by atoms with van der Waals surface area (Å²) < 4.78 is 11.1. The van der Waals surface area contributed by atoms with Gasteiger partial charge in [0.15, 0.2) is 0 Å². The molecule has 33 heavy (non-hydrogen) atoms. The third kappa shape index (κ3) is 13.7. The molecule has 0 aromatic carbocycles. The predicted molar refractivity (Wildman–Crippen MR) is 138 cm³/mol. The molecule has 1 aliphatic rings. The third-order valence-electron chi connectivity index (χ3n) is 5.41. The van der Waals surface area contributed by atoms with Crippen molar-refractivity contribution < 1.29 is 19.4 Å². The Morgan fingerprint density at radius 2 is 1.88 bits per heavy atom. The number of aliphatic hydroxyl groups is 1. The Morgan fingerprint density at radius 3 is 2.61 bits per heavy atom. The molecule has 5 unspecified atom stereocenters. The lowest BCUT2D eigenvalue weighted by molar-refractivity contribution is -0.140. The van der Waals surface area contributed by atoms with Crippen LogP contribution in [0.3, 0.4) is 0 Å². The van der Waals surface area contributed by atoms with E-state index >= 15 is 0 Å². The molecule has 0 amide bonds. The van der Waals surface area contributed by atoms with E-state index in [4.69, 9.17) is 9.47 Å². The van der Waals surface area contributed by atoms with Gasteiger partial charge in [-0.25, -0.2) is 4.79 Å². The monoisotopic (exact) mass is 454 g/mol. The largest absolute Gasteiger partial charge is 0.455 e. The molecule has 1 N–H and O–H groups in total. The molecule has 4 nitrogen and oxygen atoms in total. The van der Waals surface area contributed by atoms with Crippen molar-refractivity contribution in [2.45, 2.75) is 71.7 Å². The van der Waals surface area contributed by atoms with Crippen molar-refractivity contribution in [1.82, 2.24) is 0 Å². The quantitative estimate of drug-likeness (QED) is 0.395. The van der Waals surface area contributed by atoms with E-state index in [1.54, 1.807) is 13.2 Å². The molecule has 0 spiro atoms. The van der Waals surface area contributed by atoms with Gasteiger partial charge < -0.3 is 14.6 Å². The van der Waals surface area contributed by atoms with Crippen LogP contribution in [-0.2, 0) is 14.3 Å². The van der Waals surface area contributed by atoms with Crippen LogP contribution in [0.15, 0.2) is 84.6 Å². The average molecular weight is 455 g/mol. The number of hydrogen-bond donors (Lipinski definition) is 1. The maximum absolute atomic E-state index is 12.3. The molecule has 182 valence electrons. The van der Waals surface area contributed by atoms with Crippen molar-refractivity contribution in [1.29, 1.82) is 0 Å². The summed E-state index contributed by atoms with van der Waals surface area (Å²) in [6.07, 6.45) is 27.2. The maximum atomic E-state index is 12.3. The van der Waals surface area contributed by atoms with Crippen molar-refractivity contribution in [3.8, 4) is 0 Å². The van der Waals surface area contributed by atoms with Gasteiger partial charge in [-0.1, -0.05) is 93.2 Å². The zero-order valence-electron chi connectivity index (χ0n) is 20.9. The number of methoxy groups -OCH3 is 1. The second kappa shape index (κ2) is 17.1. The molecule has 4 heteroatoms. The number of esters is 1. The van der Waals surface area contributed by atoms with Gasteiger partial charge in [-0.15, -0.1) is 0 Å². The first kappa shape index (κ1) is 28.6. The number of aliphatic hydroxyl groups excluding tert-OH is 1. The number of rotatable bonds is 3. The van der Waals surface area contributed by atoms with Crippen LogP contribution in [0.2, 0.25) is 0 Å². The minimum Gasteiger partial charge on any atom is -0.455 e. The normalized spacial score (nSPS) is 35.3. The standard InChI is InChI=1S/C29H42O4/c1-6-7-17-26-18-9-8-10-19-27(32-5)22-28(30)25(4)16-12-15-23(2)13-11-14-24(3)20-21-29(31)33-26/h7-14,16-17,19-21,23,25-28,30H,6,15,18,22H2,1-5H3/b9-8-,13-11+,16-12+,17-7+,19-10-,21-20+,24-14+. The topological polar surface area (TPSA) is 55.8 Å². The van der Waals surface area contributed by atoms with Crippen LogP contribution in [0.5, 0.6) is 0 Å². The molecule has 0 saturated heterocycles. The highest BCUT2D eigenvalue weighted by Crippen LogP contribution is 2.15. The van der Waals surface area contributed by atoms with E-state index in [1.807, 2.05) is 69.4 Å². The van der Waals surface area contributed by atoms with Gasteiger partial charge >= 0.3 is 5.97 Å². The van der Waals surface area contributed by atoms with Gasteiger partial charge in [-0.3, -0.25) is 0 Å². The van der Waals surface area contributed by atoms with Gasteiger partial charge in [0.1, 0.15) is 6.10 Å². The fraction of sp³-hybridized carbons (Fsp3) is 0.483. The Bertz CT molecular complexity index is 766. The number of hydrogen-bond acceptors (Lipinski definition) is 4. The summed E-state index contributed by atoms with van der Waals surface area (Å²) in [5, 5.41) is 10.6. The zero-order valence-corrected chi connectivity index (χ0v) is 20.9. The van der Waals surface area contributed by atoms with Gasteiger partial charge in [0.25, 0.3) is 0 Å². The van der Waals surface area contributed by atoms with Crippen molar-refractivity contribution >= 4 is 5.97 Å². The number of carbonyl (C=O) groups is 1. The Morgan fingerprint density at radius 1 is 1.09 bits per heavy atom. The van der Waals surface area contributed by atoms with Crippen LogP contribution < -0.4 is 0 Å². The number of cyclic esters (lactones) is 1. The van der Waals surface area contributed by atoms with Crippen LogP contribution >= 0.6 is 0 Å². The summed E-state index contributed by atoms with van der Waals surface area (Å²) in [4.78, 5) is 12.3. The highest BCUT2D eigenvalue weighted by Gasteiger charge is 2.16. The summed E-state index contributed by atoms with van der Waals surface area (Å²) in [5.41, 5.74) is 0.975. The summed E-state index contributed by atoms with van der Waals surface area (Å²) in [6.45, 7) is 8.18. The van der Waals surface area contributed by atoms with Gasteiger partial charge in [0, 0.05) is 31.9 Å². The van der Waals surface area contributed by atoms with Crippen LogP contribution in [0.25, 0.3) is 0 Å². The van der Waals surface area contributed by atoms with Crippen molar-refractivity contribution in [3.63, 3.8) is 0 Å². The Kier molecular flexibility index (Phi) is 14.8. The molecule has 0 aliphatic carbocycles. The first-order valence-corrected chi connectivity index (χ1v) is 12.0. The van der Waals surface area contributed by atoms with E-state index in [2.05, 4.69) is 25.2 Å². The zero-order chi connectivity index (χ0) is 24.5.